The number of anilines is 1. The Morgan fingerprint density at radius 3 is 3.00 bits per heavy atom. The SMILES string of the molecule is N#CCCCOc1cccc(NCc2csc(Br)c2)c1. The minimum absolute atomic E-state index is 0.533. The van der Waals surface area contributed by atoms with Crippen LogP contribution in [0.2, 0.25) is 0 Å². The van der Waals surface area contributed by atoms with E-state index in [2.05, 4.69) is 38.8 Å². The van der Waals surface area contributed by atoms with Crippen molar-refractivity contribution in [1.82, 2.24) is 0 Å². The first-order valence-electron chi connectivity index (χ1n) is 6.34. The van der Waals surface area contributed by atoms with Crippen molar-refractivity contribution in [2.75, 3.05) is 11.9 Å². The van der Waals surface area contributed by atoms with Crippen LogP contribution >= 0.6 is 27.3 Å². The summed E-state index contributed by atoms with van der Waals surface area (Å²) in [5.41, 5.74) is 2.28. The Balaban J connectivity index is 1.84. The molecule has 1 aromatic heterocycles. The van der Waals surface area contributed by atoms with Crippen LogP contribution in [0, 0.1) is 11.3 Å². The zero-order chi connectivity index (χ0) is 14.2. The largest absolute Gasteiger partial charge is 0.493 e. The average molecular weight is 351 g/mol. The van der Waals surface area contributed by atoms with Gasteiger partial charge in [-0.15, -0.1) is 11.3 Å². The lowest BCUT2D eigenvalue weighted by Gasteiger charge is -2.09. The molecule has 0 unspecified atom stereocenters. The number of hydrogen-bond acceptors (Lipinski definition) is 4. The maximum absolute atomic E-state index is 8.47. The van der Waals surface area contributed by atoms with Gasteiger partial charge >= 0.3 is 0 Å². The van der Waals surface area contributed by atoms with Gasteiger partial charge in [-0.2, -0.15) is 5.26 Å². The normalized spacial score (nSPS) is 10.0. The Morgan fingerprint density at radius 2 is 2.25 bits per heavy atom. The highest BCUT2D eigenvalue weighted by Crippen LogP contribution is 2.22. The van der Waals surface area contributed by atoms with Crippen LogP contribution in [-0.2, 0) is 6.54 Å². The van der Waals surface area contributed by atoms with E-state index in [1.807, 2.05) is 24.3 Å². The predicted octanol–water partition coefficient (Wildman–Crippen LogP) is 4.81. The number of ether oxygens (including phenoxy) is 1. The molecule has 0 spiro atoms. The topological polar surface area (TPSA) is 45.0 Å². The first-order valence-corrected chi connectivity index (χ1v) is 8.02. The number of rotatable bonds is 7. The molecule has 3 nitrogen and oxygen atoms in total. The number of hydrogen-bond donors (Lipinski definition) is 1. The lowest BCUT2D eigenvalue weighted by atomic mass is 10.2. The molecule has 0 saturated carbocycles. The third-order valence-electron chi connectivity index (χ3n) is 2.65. The van der Waals surface area contributed by atoms with E-state index in [0.717, 1.165) is 28.2 Å². The smallest absolute Gasteiger partial charge is 0.121 e. The summed E-state index contributed by atoms with van der Waals surface area (Å²) in [6, 6.07) is 12.1. The van der Waals surface area contributed by atoms with E-state index in [-0.39, 0.29) is 0 Å². The number of unbranched alkanes of at least 4 members (excludes halogenated alkanes) is 1. The van der Waals surface area contributed by atoms with Crippen molar-refractivity contribution in [2.45, 2.75) is 19.4 Å². The number of nitriles is 1. The van der Waals surface area contributed by atoms with Gasteiger partial charge in [0.05, 0.1) is 16.5 Å². The highest BCUT2D eigenvalue weighted by atomic mass is 79.9. The van der Waals surface area contributed by atoms with Crippen molar-refractivity contribution in [3.05, 3.63) is 45.1 Å². The number of nitrogens with zero attached hydrogens (tertiary/aromatic N) is 1. The molecule has 0 atom stereocenters. The van der Waals surface area contributed by atoms with Gasteiger partial charge in [-0.25, -0.2) is 0 Å². The fourth-order valence-electron chi connectivity index (χ4n) is 1.68. The first kappa shape index (κ1) is 14.9. The van der Waals surface area contributed by atoms with Gasteiger partial charge < -0.3 is 10.1 Å². The zero-order valence-electron chi connectivity index (χ0n) is 10.9. The Hall–Kier alpha value is -1.51. The number of halogens is 1. The molecule has 0 amide bonds. The van der Waals surface area contributed by atoms with E-state index in [1.165, 1.54) is 5.56 Å². The van der Waals surface area contributed by atoms with E-state index in [9.17, 15) is 0 Å². The molecule has 0 bridgehead atoms. The van der Waals surface area contributed by atoms with Gasteiger partial charge in [0, 0.05) is 24.7 Å². The van der Waals surface area contributed by atoms with E-state index >= 15 is 0 Å². The molecule has 0 aliphatic carbocycles. The van der Waals surface area contributed by atoms with Crippen LogP contribution < -0.4 is 10.1 Å². The van der Waals surface area contributed by atoms with Gasteiger partial charge in [0.15, 0.2) is 0 Å². The van der Waals surface area contributed by atoms with Crippen molar-refractivity contribution in [3.8, 4) is 11.8 Å². The van der Waals surface area contributed by atoms with Crippen LogP contribution in [-0.4, -0.2) is 6.61 Å². The molecule has 0 aliphatic heterocycles. The van der Waals surface area contributed by atoms with E-state index < -0.39 is 0 Å². The fraction of sp³-hybridized carbons (Fsp3) is 0.267. The summed E-state index contributed by atoms with van der Waals surface area (Å²) in [6.45, 7) is 1.37. The summed E-state index contributed by atoms with van der Waals surface area (Å²) in [4.78, 5) is 0. The summed E-state index contributed by atoms with van der Waals surface area (Å²) in [6.07, 6.45) is 1.29. The van der Waals surface area contributed by atoms with Crippen LogP contribution in [0.15, 0.2) is 39.5 Å². The molecule has 1 aromatic carbocycles. The molecule has 0 aliphatic rings. The van der Waals surface area contributed by atoms with Crippen molar-refractivity contribution in [1.29, 1.82) is 5.26 Å². The highest BCUT2D eigenvalue weighted by Gasteiger charge is 1.99. The molecule has 1 heterocycles. The van der Waals surface area contributed by atoms with Gasteiger partial charge in [-0.1, -0.05) is 6.07 Å². The van der Waals surface area contributed by atoms with Gasteiger partial charge in [0.2, 0.25) is 0 Å². The molecule has 0 fully saturated rings. The van der Waals surface area contributed by atoms with Gasteiger partial charge in [0.25, 0.3) is 0 Å². The van der Waals surface area contributed by atoms with Crippen LogP contribution in [0.4, 0.5) is 5.69 Å². The van der Waals surface area contributed by atoms with Crippen LogP contribution in [0.25, 0.3) is 0 Å². The monoisotopic (exact) mass is 350 g/mol. The summed E-state index contributed by atoms with van der Waals surface area (Å²) in [5, 5.41) is 14.0. The Kier molecular flexibility index (Phi) is 5.90. The standard InChI is InChI=1S/C15H15BrN2OS/c16-15-8-12(11-20-15)10-18-13-4-3-5-14(9-13)19-7-2-1-6-17/h3-5,8-9,11,18H,1-2,7,10H2. The maximum atomic E-state index is 8.47. The lowest BCUT2D eigenvalue weighted by molar-refractivity contribution is 0.313. The van der Waals surface area contributed by atoms with Gasteiger partial charge in [-0.3, -0.25) is 0 Å². The minimum Gasteiger partial charge on any atom is -0.493 e. The van der Waals surface area contributed by atoms with Gasteiger partial charge in [0.1, 0.15) is 5.75 Å². The Bertz CT molecular complexity index is 592. The Morgan fingerprint density at radius 1 is 1.35 bits per heavy atom. The molecule has 2 aromatic rings. The van der Waals surface area contributed by atoms with Crippen LogP contribution in [0.1, 0.15) is 18.4 Å². The minimum atomic E-state index is 0.533. The number of thiophene rings is 1. The van der Waals surface area contributed by atoms with Gasteiger partial charge in [-0.05, 0) is 51.5 Å². The first-order chi connectivity index (χ1) is 9.78. The highest BCUT2D eigenvalue weighted by molar-refractivity contribution is 9.11. The molecule has 1 N–H and O–H groups in total. The molecule has 2 rings (SSSR count). The quantitative estimate of drug-likeness (QED) is 0.729. The van der Waals surface area contributed by atoms with Crippen molar-refractivity contribution < 1.29 is 4.74 Å². The van der Waals surface area contributed by atoms with E-state index in [1.54, 1.807) is 11.3 Å². The van der Waals surface area contributed by atoms with E-state index in [4.69, 9.17) is 10.00 Å². The second-order valence-electron chi connectivity index (χ2n) is 4.25. The zero-order valence-corrected chi connectivity index (χ0v) is 13.3. The third kappa shape index (κ3) is 4.87. The summed E-state index contributed by atoms with van der Waals surface area (Å²) < 4.78 is 6.75. The summed E-state index contributed by atoms with van der Waals surface area (Å²) in [5.74, 6) is 0.833. The second-order valence-corrected chi connectivity index (χ2v) is 6.54. The molecule has 5 heteroatoms. The van der Waals surface area contributed by atoms with E-state index in [0.29, 0.717) is 13.0 Å². The second kappa shape index (κ2) is 7.93. The summed E-state index contributed by atoms with van der Waals surface area (Å²) >= 11 is 5.14. The van der Waals surface area contributed by atoms with Crippen molar-refractivity contribution in [3.63, 3.8) is 0 Å². The maximum Gasteiger partial charge on any atom is 0.121 e. The van der Waals surface area contributed by atoms with Crippen LogP contribution in [0.5, 0.6) is 5.75 Å². The molecular weight excluding hydrogens is 336 g/mol. The molecular formula is C15H15BrN2OS. The Labute approximate surface area is 131 Å². The van der Waals surface area contributed by atoms with Crippen molar-refractivity contribution >= 4 is 33.0 Å². The predicted molar refractivity (Wildman–Crippen MR) is 86.1 cm³/mol. The molecule has 20 heavy (non-hydrogen) atoms. The molecule has 104 valence electrons. The lowest BCUT2D eigenvalue weighted by Crippen LogP contribution is -2.00. The average Bonchev–Trinajstić information content (AvgIpc) is 2.88. The number of nitrogens with one attached hydrogen (secondary N) is 1. The van der Waals surface area contributed by atoms with Crippen LogP contribution in [0.3, 0.4) is 0 Å². The molecule has 0 radical (unpaired) electrons. The van der Waals surface area contributed by atoms with Crippen molar-refractivity contribution in [2.24, 2.45) is 0 Å². The number of benzene rings is 1. The summed E-state index contributed by atoms with van der Waals surface area (Å²) in [7, 11) is 0. The fourth-order valence-corrected chi connectivity index (χ4v) is 2.89. The molecule has 0 saturated heterocycles. The third-order valence-corrected chi connectivity index (χ3v) is 4.21.